The first-order valence-electron chi connectivity index (χ1n) is 13.7. The Labute approximate surface area is 250 Å². The van der Waals surface area contributed by atoms with Crippen LogP contribution in [0.15, 0.2) is 42.9 Å². The molecular weight excluding hydrogens is 584 g/mol. The summed E-state index contributed by atoms with van der Waals surface area (Å²) in [6, 6.07) is 2.53. The smallest absolute Gasteiger partial charge is 0.411 e. The molecule has 0 unspecified atom stereocenters. The van der Waals surface area contributed by atoms with Crippen LogP contribution in [-0.4, -0.2) is 76.4 Å². The van der Waals surface area contributed by atoms with Crippen LogP contribution < -0.4 is 10.2 Å². The molecule has 1 saturated heterocycles. The van der Waals surface area contributed by atoms with Crippen molar-refractivity contribution in [2.45, 2.75) is 45.5 Å². The molecule has 232 valence electrons. The second-order valence-electron chi connectivity index (χ2n) is 10.5. The Balaban J connectivity index is 1.41. The number of carbonyl (C=O) groups is 2. The zero-order valence-corrected chi connectivity index (χ0v) is 24.4. The van der Waals surface area contributed by atoms with Crippen LogP contribution in [0.25, 0.3) is 17.0 Å². The fourth-order valence-corrected chi connectivity index (χ4v) is 5.21. The third kappa shape index (κ3) is 6.07. The van der Waals surface area contributed by atoms with Gasteiger partial charge in [-0.3, -0.25) is 4.79 Å². The van der Waals surface area contributed by atoms with E-state index in [0.29, 0.717) is 22.7 Å². The Hall–Kier alpha value is -4.59. The van der Waals surface area contributed by atoms with Crippen LogP contribution in [0.4, 0.5) is 23.2 Å². The monoisotopic (exact) mass is 614 g/mol. The number of aryl methyl sites for hydroxylation is 3. The predicted molar refractivity (Wildman–Crippen MR) is 152 cm³/mol. The number of pyridine rings is 1. The lowest BCUT2D eigenvalue weighted by molar-refractivity contribution is -0.167. The summed E-state index contributed by atoms with van der Waals surface area (Å²) in [5.41, 5.74) is 3.20. The summed E-state index contributed by atoms with van der Waals surface area (Å²) in [6.07, 6.45) is 0.344. The minimum Gasteiger partial charge on any atom is -0.467 e. The molecular formula is C30H30F4N6O4. The van der Waals surface area contributed by atoms with Gasteiger partial charge in [0.1, 0.15) is 23.5 Å². The van der Waals surface area contributed by atoms with Crippen molar-refractivity contribution in [3.05, 3.63) is 76.8 Å². The van der Waals surface area contributed by atoms with E-state index < -0.39 is 48.1 Å². The number of ether oxygens (including phenoxy) is 2. The number of benzene rings is 1. The number of hydrogen-bond donors (Lipinski definition) is 1. The molecule has 0 bridgehead atoms. The topological polar surface area (TPSA) is 111 Å². The summed E-state index contributed by atoms with van der Waals surface area (Å²) >= 11 is 0. The van der Waals surface area contributed by atoms with E-state index >= 15 is 4.39 Å². The highest BCUT2D eigenvalue weighted by atomic mass is 19.4. The number of anilines is 1. The number of aromatic nitrogens is 4. The second-order valence-corrected chi connectivity index (χ2v) is 10.5. The van der Waals surface area contributed by atoms with E-state index in [0.717, 1.165) is 29.3 Å². The van der Waals surface area contributed by atoms with Crippen molar-refractivity contribution in [3.63, 3.8) is 0 Å². The lowest BCUT2D eigenvalue weighted by atomic mass is 10.0. The number of nitrogens with one attached hydrogen (secondary N) is 1. The quantitative estimate of drug-likeness (QED) is 0.245. The average Bonchev–Trinajstić information content (AvgIpc) is 3.48. The van der Waals surface area contributed by atoms with Gasteiger partial charge in [-0.1, -0.05) is 0 Å². The molecule has 1 N–H and O–H groups in total. The van der Waals surface area contributed by atoms with Crippen molar-refractivity contribution in [1.29, 1.82) is 0 Å². The van der Waals surface area contributed by atoms with Crippen LogP contribution in [0.2, 0.25) is 0 Å². The minimum atomic E-state index is -4.60. The van der Waals surface area contributed by atoms with Gasteiger partial charge in [0.15, 0.2) is 5.82 Å². The standard InChI is InChI=1S/C30H30F4N6O4/c1-16-11-20(39-9-10-44-15-24(39)30(32,33)34)12-22(31)25(16)28(41)38-23(29(42)43-4)13-19-5-6-21(27-35-7-8-40(19)27)26-36-14-17(2)18(3)37-26/h5-8,11-12,14,23-24H,9-10,13,15H2,1-4H3,(H,38,41)/t23-,24+/m0/s1. The van der Waals surface area contributed by atoms with Gasteiger partial charge in [0.25, 0.3) is 5.91 Å². The molecule has 0 aliphatic carbocycles. The first kappa shape index (κ1) is 30.9. The van der Waals surface area contributed by atoms with Crippen molar-refractivity contribution in [1.82, 2.24) is 24.7 Å². The number of methoxy groups -OCH3 is 1. The largest absolute Gasteiger partial charge is 0.467 e. The van der Waals surface area contributed by atoms with Crippen molar-refractivity contribution in [2.24, 2.45) is 0 Å². The van der Waals surface area contributed by atoms with Crippen molar-refractivity contribution in [3.8, 4) is 11.4 Å². The van der Waals surface area contributed by atoms with E-state index in [1.54, 1.807) is 35.1 Å². The first-order valence-corrected chi connectivity index (χ1v) is 13.7. The summed E-state index contributed by atoms with van der Waals surface area (Å²) in [7, 11) is 1.16. The van der Waals surface area contributed by atoms with Gasteiger partial charge in [-0.15, -0.1) is 0 Å². The second kappa shape index (κ2) is 12.2. The van der Waals surface area contributed by atoms with Crippen LogP contribution >= 0.6 is 0 Å². The molecule has 0 radical (unpaired) electrons. The fraction of sp³-hybridized carbons (Fsp3) is 0.367. The van der Waals surface area contributed by atoms with Crippen LogP contribution in [0.5, 0.6) is 0 Å². The molecule has 4 aromatic rings. The molecule has 1 fully saturated rings. The lowest BCUT2D eigenvalue weighted by Crippen LogP contribution is -2.53. The Kier molecular flexibility index (Phi) is 8.55. The SMILES string of the molecule is COC(=O)[C@H](Cc1ccc(-c2ncc(C)c(C)n2)c2nccn12)NC(=O)c1c(C)cc(N2CCOC[C@@H]2C(F)(F)F)cc1F. The van der Waals surface area contributed by atoms with Gasteiger partial charge < -0.3 is 24.1 Å². The maximum atomic E-state index is 15.4. The van der Waals surface area contributed by atoms with Gasteiger partial charge in [-0.25, -0.2) is 24.1 Å². The van der Waals surface area contributed by atoms with E-state index in [4.69, 9.17) is 9.47 Å². The molecule has 3 aromatic heterocycles. The summed E-state index contributed by atoms with van der Waals surface area (Å²) < 4.78 is 67.8. The number of fused-ring (bicyclic) bond motifs is 1. The van der Waals surface area contributed by atoms with Gasteiger partial charge in [-0.2, -0.15) is 13.2 Å². The Morgan fingerprint density at radius 3 is 2.61 bits per heavy atom. The lowest BCUT2D eigenvalue weighted by Gasteiger charge is -2.38. The number of alkyl halides is 3. The van der Waals surface area contributed by atoms with Gasteiger partial charge in [-0.05, 0) is 56.2 Å². The molecule has 1 aliphatic rings. The molecule has 0 saturated carbocycles. The van der Waals surface area contributed by atoms with Gasteiger partial charge >= 0.3 is 12.1 Å². The Morgan fingerprint density at radius 1 is 1.16 bits per heavy atom. The molecule has 1 aromatic carbocycles. The molecule has 5 rings (SSSR count). The third-order valence-electron chi connectivity index (χ3n) is 7.64. The molecule has 14 heteroatoms. The summed E-state index contributed by atoms with van der Waals surface area (Å²) in [5, 5.41) is 2.54. The number of carbonyl (C=O) groups excluding carboxylic acids is 2. The van der Waals surface area contributed by atoms with Crippen molar-refractivity contribution in [2.75, 3.05) is 31.8 Å². The normalized spacial score (nSPS) is 16.2. The molecule has 1 aliphatic heterocycles. The average molecular weight is 615 g/mol. The highest BCUT2D eigenvalue weighted by Crippen LogP contribution is 2.33. The predicted octanol–water partition coefficient (Wildman–Crippen LogP) is 4.14. The number of rotatable bonds is 7. The van der Waals surface area contributed by atoms with Crippen LogP contribution in [0, 0.1) is 26.6 Å². The van der Waals surface area contributed by atoms with E-state index in [-0.39, 0.29) is 30.8 Å². The maximum Gasteiger partial charge on any atom is 0.411 e. The maximum absolute atomic E-state index is 15.4. The molecule has 44 heavy (non-hydrogen) atoms. The van der Waals surface area contributed by atoms with Crippen LogP contribution in [0.3, 0.4) is 0 Å². The number of hydrogen-bond acceptors (Lipinski definition) is 8. The van der Waals surface area contributed by atoms with E-state index in [2.05, 4.69) is 20.3 Å². The Bertz CT molecular complexity index is 1700. The number of esters is 1. The minimum absolute atomic E-state index is 0.0259. The van der Waals surface area contributed by atoms with Gasteiger partial charge in [0.2, 0.25) is 0 Å². The zero-order chi connectivity index (χ0) is 31.8. The molecule has 10 nitrogen and oxygen atoms in total. The summed E-state index contributed by atoms with van der Waals surface area (Å²) in [4.78, 5) is 40.5. The van der Waals surface area contributed by atoms with E-state index in [1.165, 1.54) is 13.0 Å². The zero-order valence-electron chi connectivity index (χ0n) is 24.4. The third-order valence-corrected chi connectivity index (χ3v) is 7.64. The number of nitrogens with zero attached hydrogens (tertiary/aromatic N) is 5. The van der Waals surface area contributed by atoms with E-state index in [9.17, 15) is 22.8 Å². The molecule has 1 amide bonds. The Morgan fingerprint density at radius 2 is 1.93 bits per heavy atom. The molecule has 4 heterocycles. The number of halogens is 4. The highest BCUT2D eigenvalue weighted by molar-refractivity contribution is 5.98. The first-order chi connectivity index (χ1) is 20.9. The van der Waals surface area contributed by atoms with Crippen LogP contribution in [0.1, 0.15) is 32.9 Å². The molecule has 0 spiro atoms. The summed E-state index contributed by atoms with van der Waals surface area (Å²) in [6.45, 7) is 4.55. The van der Waals surface area contributed by atoms with Gasteiger partial charge in [0, 0.05) is 48.6 Å². The van der Waals surface area contributed by atoms with E-state index in [1.807, 2.05) is 13.8 Å². The van der Waals surface area contributed by atoms with Gasteiger partial charge in [0.05, 0.1) is 31.5 Å². The number of amides is 1. The fourth-order valence-electron chi connectivity index (χ4n) is 5.21. The van der Waals surface area contributed by atoms with Crippen molar-refractivity contribution >= 4 is 23.2 Å². The highest BCUT2D eigenvalue weighted by Gasteiger charge is 2.45. The number of imidazole rings is 1. The summed E-state index contributed by atoms with van der Waals surface area (Å²) in [5.74, 6) is -2.24. The molecule has 2 atom stereocenters. The number of morpholine rings is 1. The van der Waals surface area contributed by atoms with Crippen molar-refractivity contribution < 1.29 is 36.6 Å². The van der Waals surface area contributed by atoms with Crippen LogP contribution in [-0.2, 0) is 20.7 Å².